The van der Waals surface area contributed by atoms with Gasteiger partial charge in [0.05, 0.1) is 18.7 Å². The van der Waals surface area contributed by atoms with Crippen LogP contribution in [0.3, 0.4) is 0 Å². The maximum absolute atomic E-state index is 10.4. The van der Waals surface area contributed by atoms with E-state index in [0.29, 0.717) is 6.61 Å². The van der Waals surface area contributed by atoms with Crippen molar-refractivity contribution >= 4 is 0 Å². The minimum atomic E-state index is -0.711. The van der Waals surface area contributed by atoms with Crippen molar-refractivity contribution in [1.82, 2.24) is 4.90 Å². The van der Waals surface area contributed by atoms with Gasteiger partial charge in [0.2, 0.25) is 5.79 Å². The number of fused-ring (bicyclic) bond motifs is 1. The highest BCUT2D eigenvalue weighted by Crippen LogP contribution is 2.40. The molecule has 0 aromatic heterocycles. The smallest absolute Gasteiger partial charge is 0.209 e. The van der Waals surface area contributed by atoms with Gasteiger partial charge in [0.25, 0.3) is 0 Å². The lowest BCUT2D eigenvalue weighted by Crippen LogP contribution is -2.52. The SMILES string of the molecule is COC1(OC)COC2C(CN=O)CN(C)C21. The Kier molecular flexibility index (Phi) is 3.25. The van der Waals surface area contributed by atoms with Crippen molar-refractivity contribution in [2.24, 2.45) is 11.1 Å². The van der Waals surface area contributed by atoms with E-state index in [9.17, 15) is 4.91 Å². The van der Waals surface area contributed by atoms with Crippen molar-refractivity contribution in [3.8, 4) is 0 Å². The molecular weight excluding hydrogens is 212 g/mol. The first kappa shape index (κ1) is 11.9. The zero-order valence-electron chi connectivity index (χ0n) is 9.88. The molecule has 3 atom stereocenters. The van der Waals surface area contributed by atoms with Crippen LogP contribution in [0.5, 0.6) is 0 Å². The van der Waals surface area contributed by atoms with E-state index < -0.39 is 5.79 Å². The Morgan fingerprint density at radius 3 is 2.75 bits per heavy atom. The van der Waals surface area contributed by atoms with Crippen LogP contribution in [0.1, 0.15) is 0 Å². The molecule has 0 amide bonds. The summed E-state index contributed by atoms with van der Waals surface area (Å²) in [7, 11) is 5.23. The van der Waals surface area contributed by atoms with Crippen LogP contribution in [0.15, 0.2) is 5.18 Å². The average molecular weight is 230 g/mol. The Morgan fingerprint density at radius 1 is 1.50 bits per heavy atom. The molecule has 0 saturated carbocycles. The average Bonchev–Trinajstić information content (AvgIpc) is 2.81. The number of likely N-dealkylation sites (N-methyl/N-ethyl adjacent to an activating group) is 1. The molecule has 3 unspecified atom stereocenters. The highest BCUT2D eigenvalue weighted by Gasteiger charge is 2.59. The Morgan fingerprint density at radius 2 is 2.19 bits per heavy atom. The first-order valence-corrected chi connectivity index (χ1v) is 5.39. The first-order valence-electron chi connectivity index (χ1n) is 5.39. The Hall–Kier alpha value is -0.560. The van der Waals surface area contributed by atoms with Crippen molar-refractivity contribution in [1.29, 1.82) is 0 Å². The number of nitrogens with zero attached hydrogens (tertiary/aromatic N) is 2. The van der Waals surface area contributed by atoms with Gasteiger partial charge in [0.1, 0.15) is 6.61 Å². The second kappa shape index (κ2) is 4.37. The molecule has 0 N–H and O–H groups in total. The predicted octanol–water partition coefficient (Wildman–Crippen LogP) is 0.0709. The summed E-state index contributed by atoms with van der Waals surface area (Å²) in [4.78, 5) is 12.5. The van der Waals surface area contributed by atoms with Crippen LogP contribution in [0.2, 0.25) is 0 Å². The molecule has 0 aromatic carbocycles. The maximum atomic E-state index is 10.4. The summed E-state index contributed by atoms with van der Waals surface area (Å²) in [5, 5.41) is 2.97. The molecule has 2 saturated heterocycles. The van der Waals surface area contributed by atoms with Crippen LogP contribution >= 0.6 is 0 Å². The molecule has 2 rings (SSSR count). The molecule has 92 valence electrons. The van der Waals surface area contributed by atoms with E-state index in [0.717, 1.165) is 6.54 Å². The summed E-state index contributed by atoms with van der Waals surface area (Å²) in [6, 6.07) is 0.0363. The number of methoxy groups -OCH3 is 2. The molecule has 6 nitrogen and oxygen atoms in total. The van der Waals surface area contributed by atoms with Gasteiger partial charge in [-0.3, -0.25) is 4.90 Å². The third-order valence-electron chi connectivity index (χ3n) is 3.70. The van der Waals surface area contributed by atoms with Crippen LogP contribution in [-0.2, 0) is 14.2 Å². The van der Waals surface area contributed by atoms with Crippen molar-refractivity contribution in [2.45, 2.75) is 17.9 Å². The van der Waals surface area contributed by atoms with Crippen LogP contribution in [0.25, 0.3) is 0 Å². The highest BCUT2D eigenvalue weighted by molar-refractivity contribution is 5.06. The summed E-state index contributed by atoms with van der Waals surface area (Å²) in [6.45, 7) is 1.47. The number of nitroso groups, excluding NO2 is 1. The summed E-state index contributed by atoms with van der Waals surface area (Å²) < 4.78 is 16.6. The van der Waals surface area contributed by atoms with Crippen molar-refractivity contribution in [2.75, 3.05) is 41.0 Å². The van der Waals surface area contributed by atoms with Crippen LogP contribution in [-0.4, -0.2) is 63.8 Å². The van der Waals surface area contributed by atoms with Gasteiger partial charge in [-0.2, -0.15) is 4.91 Å². The van der Waals surface area contributed by atoms with Gasteiger partial charge in [0, 0.05) is 26.7 Å². The van der Waals surface area contributed by atoms with Gasteiger partial charge in [-0.25, -0.2) is 0 Å². The molecular formula is C10H18N2O4. The fourth-order valence-corrected chi connectivity index (χ4v) is 2.91. The van der Waals surface area contributed by atoms with Crippen molar-refractivity contribution in [3.05, 3.63) is 4.91 Å². The van der Waals surface area contributed by atoms with E-state index in [1.54, 1.807) is 14.2 Å². The van der Waals surface area contributed by atoms with Gasteiger partial charge >= 0.3 is 0 Å². The summed E-state index contributed by atoms with van der Waals surface area (Å²) in [6.07, 6.45) is -0.0254. The maximum Gasteiger partial charge on any atom is 0.209 e. The molecule has 0 spiro atoms. The molecule has 0 aliphatic carbocycles. The van der Waals surface area contributed by atoms with Crippen LogP contribution < -0.4 is 0 Å². The molecule has 2 aliphatic heterocycles. The van der Waals surface area contributed by atoms with Gasteiger partial charge in [-0.15, -0.1) is 0 Å². The number of rotatable bonds is 4. The van der Waals surface area contributed by atoms with Crippen molar-refractivity contribution in [3.63, 3.8) is 0 Å². The predicted molar refractivity (Wildman–Crippen MR) is 57.1 cm³/mol. The molecule has 2 fully saturated rings. The summed E-state index contributed by atoms with van der Waals surface area (Å²) in [5.74, 6) is -0.573. The lowest BCUT2D eigenvalue weighted by atomic mass is 9.99. The monoisotopic (exact) mass is 230 g/mol. The van der Waals surface area contributed by atoms with Gasteiger partial charge in [-0.05, 0) is 7.05 Å². The largest absolute Gasteiger partial charge is 0.370 e. The van der Waals surface area contributed by atoms with Crippen molar-refractivity contribution < 1.29 is 14.2 Å². The van der Waals surface area contributed by atoms with E-state index in [2.05, 4.69) is 10.1 Å². The number of likely N-dealkylation sites (tertiary alicyclic amines) is 1. The Balaban J connectivity index is 2.19. The van der Waals surface area contributed by atoms with E-state index in [4.69, 9.17) is 14.2 Å². The minimum Gasteiger partial charge on any atom is -0.370 e. The molecule has 0 bridgehead atoms. The minimum absolute atomic E-state index is 0.0254. The summed E-state index contributed by atoms with van der Waals surface area (Å²) >= 11 is 0. The Labute approximate surface area is 94.8 Å². The van der Waals surface area contributed by atoms with Crippen LogP contribution in [0.4, 0.5) is 0 Å². The highest BCUT2D eigenvalue weighted by atomic mass is 16.7. The first-order chi connectivity index (χ1) is 7.68. The number of hydrogen-bond acceptors (Lipinski definition) is 6. The standard InChI is InChI=1S/C10H18N2O4/c1-12-5-7(4-11-13)8-9(12)10(14-2,15-3)6-16-8/h7-9H,4-6H2,1-3H3. The zero-order valence-corrected chi connectivity index (χ0v) is 9.88. The van der Waals surface area contributed by atoms with E-state index in [1.807, 2.05) is 7.05 Å². The molecule has 0 aromatic rings. The second-order valence-electron chi connectivity index (χ2n) is 4.45. The van der Waals surface area contributed by atoms with Gasteiger partial charge in [0.15, 0.2) is 0 Å². The zero-order chi connectivity index (χ0) is 11.8. The normalized spacial score (nSPS) is 37.6. The van der Waals surface area contributed by atoms with Gasteiger partial charge < -0.3 is 14.2 Å². The summed E-state index contributed by atoms with van der Waals surface area (Å²) in [5.41, 5.74) is 0. The molecule has 6 heteroatoms. The molecule has 2 heterocycles. The fraction of sp³-hybridized carbons (Fsp3) is 1.00. The lowest BCUT2D eigenvalue weighted by molar-refractivity contribution is -0.225. The van der Waals surface area contributed by atoms with E-state index in [-0.39, 0.29) is 24.6 Å². The third kappa shape index (κ3) is 1.57. The molecule has 2 aliphatic rings. The quantitative estimate of drug-likeness (QED) is 0.505. The molecule has 16 heavy (non-hydrogen) atoms. The Bertz CT molecular complexity index is 270. The second-order valence-corrected chi connectivity index (χ2v) is 4.45. The van der Waals surface area contributed by atoms with Gasteiger partial charge in [-0.1, -0.05) is 5.18 Å². The number of ether oxygens (including phenoxy) is 3. The van der Waals surface area contributed by atoms with Crippen LogP contribution in [0, 0.1) is 10.8 Å². The lowest BCUT2D eigenvalue weighted by Gasteiger charge is -2.33. The third-order valence-corrected chi connectivity index (χ3v) is 3.70. The number of hydrogen-bond donors (Lipinski definition) is 0. The fourth-order valence-electron chi connectivity index (χ4n) is 2.91. The van der Waals surface area contributed by atoms with E-state index in [1.165, 1.54) is 0 Å². The molecule has 0 radical (unpaired) electrons. The topological polar surface area (TPSA) is 60.4 Å². The van der Waals surface area contributed by atoms with E-state index >= 15 is 0 Å².